The Labute approximate surface area is 142 Å². The van der Waals surface area contributed by atoms with Crippen molar-refractivity contribution in [2.45, 2.75) is 18.9 Å². The molecule has 5 heteroatoms. The second-order valence-corrected chi connectivity index (χ2v) is 5.95. The summed E-state index contributed by atoms with van der Waals surface area (Å²) in [6, 6.07) is 11.7. The third-order valence-electron chi connectivity index (χ3n) is 4.46. The van der Waals surface area contributed by atoms with E-state index >= 15 is 0 Å². The van der Waals surface area contributed by atoms with Crippen molar-refractivity contribution in [3.8, 4) is 5.75 Å². The molecule has 1 aromatic heterocycles. The van der Waals surface area contributed by atoms with E-state index in [9.17, 15) is 4.79 Å². The van der Waals surface area contributed by atoms with Crippen LogP contribution in [0.1, 0.15) is 34.8 Å². The number of rotatable bonds is 6. The highest BCUT2D eigenvalue weighted by Crippen LogP contribution is 2.31. The van der Waals surface area contributed by atoms with Crippen molar-refractivity contribution in [2.24, 2.45) is 0 Å². The van der Waals surface area contributed by atoms with Crippen LogP contribution < -0.4 is 10.1 Å². The van der Waals surface area contributed by atoms with E-state index in [-0.39, 0.29) is 11.9 Å². The first-order valence-electron chi connectivity index (χ1n) is 8.35. The smallest absolute Gasteiger partial charge is 0.252 e. The number of carbonyl (C=O) groups is 1. The Hall–Kier alpha value is -2.40. The molecule has 0 bridgehead atoms. The normalized spacial score (nSPS) is 15.9. The van der Waals surface area contributed by atoms with Crippen LogP contribution in [-0.4, -0.2) is 42.5 Å². The minimum absolute atomic E-state index is 0.0952. The van der Waals surface area contributed by atoms with Gasteiger partial charge in [0.15, 0.2) is 0 Å². The topological polar surface area (TPSA) is 54.5 Å². The van der Waals surface area contributed by atoms with E-state index in [1.807, 2.05) is 18.2 Å². The lowest BCUT2D eigenvalue weighted by atomic mass is 10.0. The monoisotopic (exact) mass is 325 g/mol. The molecular weight excluding hydrogens is 302 g/mol. The average molecular weight is 325 g/mol. The maximum atomic E-state index is 12.3. The zero-order valence-electron chi connectivity index (χ0n) is 13.9. The molecule has 2 aromatic rings. The van der Waals surface area contributed by atoms with Gasteiger partial charge in [-0.1, -0.05) is 18.2 Å². The molecule has 1 saturated heterocycles. The lowest BCUT2D eigenvalue weighted by Gasteiger charge is -2.29. The first-order chi connectivity index (χ1) is 11.8. The first kappa shape index (κ1) is 16.5. The van der Waals surface area contributed by atoms with E-state index in [1.54, 1.807) is 31.6 Å². The molecule has 1 N–H and O–H groups in total. The number of carbonyl (C=O) groups excluding carboxylic acids is 1. The summed E-state index contributed by atoms with van der Waals surface area (Å²) in [5.41, 5.74) is 1.70. The molecule has 0 spiro atoms. The number of nitrogens with one attached hydrogen (secondary N) is 1. The number of likely N-dealkylation sites (tertiary alicyclic amines) is 1. The number of pyridine rings is 1. The standard InChI is InChI=1S/C19H23N3O2/c1-24-18-9-3-2-8-16(18)17(22-11-4-5-12-22)14-21-19(23)15-7-6-10-20-13-15/h2-3,6-10,13,17H,4-5,11-12,14H2,1H3,(H,21,23)/t17-/m0/s1. The van der Waals surface area contributed by atoms with Gasteiger partial charge in [-0.3, -0.25) is 14.7 Å². The summed E-state index contributed by atoms with van der Waals surface area (Å²) in [5.74, 6) is 0.771. The lowest BCUT2D eigenvalue weighted by Crippen LogP contribution is -2.37. The van der Waals surface area contributed by atoms with Crippen LogP contribution in [0.4, 0.5) is 0 Å². The maximum Gasteiger partial charge on any atom is 0.252 e. The Kier molecular flexibility index (Phi) is 5.43. The van der Waals surface area contributed by atoms with Crippen molar-refractivity contribution < 1.29 is 9.53 Å². The van der Waals surface area contributed by atoms with E-state index in [0.717, 1.165) is 24.4 Å². The first-order valence-corrected chi connectivity index (χ1v) is 8.35. The molecule has 5 nitrogen and oxygen atoms in total. The van der Waals surface area contributed by atoms with Gasteiger partial charge < -0.3 is 10.1 Å². The van der Waals surface area contributed by atoms with Crippen LogP contribution in [0.15, 0.2) is 48.8 Å². The van der Waals surface area contributed by atoms with E-state index in [0.29, 0.717) is 12.1 Å². The molecule has 0 unspecified atom stereocenters. The number of para-hydroxylation sites is 1. The molecule has 1 amide bonds. The summed E-state index contributed by atoms with van der Waals surface area (Å²) in [4.78, 5) is 18.8. The van der Waals surface area contributed by atoms with E-state index in [2.05, 4.69) is 21.3 Å². The summed E-state index contributed by atoms with van der Waals surface area (Å²) in [7, 11) is 1.69. The molecule has 2 heterocycles. The Morgan fingerprint density at radius 1 is 1.25 bits per heavy atom. The van der Waals surface area contributed by atoms with Gasteiger partial charge in [0, 0.05) is 24.5 Å². The second kappa shape index (κ2) is 7.93. The third-order valence-corrected chi connectivity index (χ3v) is 4.46. The van der Waals surface area contributed by atoms with E-state index in [1.165, 1.54) is 12.8 Å². The van der Waals surface area contributed by atoms with Crippen molar-refractivity contribution in [2.75, 3.05) is 26.7 Å². The van der Waals surface area contributed by atoms with Gasteiger partial charge in [0.2, 0.25) is 0 Å². The molecule has 0 aliphatic carbocycles. The quantitative estimate of drug-likeness (QED) is 0.887. The molecular formula is C19H23N3O2. The number of amides is 1. The highest BCUT2D eigenvalue weighted by Gasteiger charge is 2.26. The van der Waals surface area contributed by atoms with Crippen LogP contribution in [0, 0.1) is 0 Å². The fraction of sp³-hybridized carbons (Fsp3) is 0.368. The average Bonchev–Trinajstić information content (AvgIpc) is 3.17. The molecule has 1 atom stereocenters. The van der Waals surface area contributed by atoms with Gasteiger partial charge in [0.25, 0.3) is 5.91 Å². The van der Waals surface area contributed by atoms with Gasteiger partial charge in [0.1, 0.15) is 5.75 Å². The minimum atomic E-state index is -0.0952. The summed E-state index contributed by atoms with van der Waals surface area (Å²) in [6.45, 7) is 2.64. The number of ether oxygens (including phenoxy) is 1. The summed E-state index contributed by atoms with van der Waals surface area (Å²) >= 11 is 0. The zero-order valence-corrected chi connectivity index (χ0v) is 13.9. The van der Waals surface area contributed by atoms with E-state index in [4.69, 9.17) is 4.74 Å². The molecule has 0 saturated carbocycles. The fourth-order valence-electron chi connectivity index (χ4n) is 3.22. The number of aromatic nitrogens is 1. The molecule has 126 valence electrons. The van der Waals surface area contributed by atoms with Crippen molar-refractivity contribution >= 4 is 5.91 Å². The largest absolute Gasteiger partial charge is 0.496 e. The number of hydrogen-bond acceptors (Lipinski definition) is 4. The Morgan fingerprint density at radius 2 is 2.04 bits per heavy atom. The van der Waals surface area contributed by atoms with Crippen LogP contribution in [0.3, 0.4) is 0 Å². The van der Waals surface area contributed by atoms with Crippen LogP contribution in [0.2, 0.25) is 0 Å². The number of methoxy groups -OCH3 is 1. The predicted molar refractivity (Wildman–Crippen MR) is 93.1 cm³/mol. The molecule has 1 aliphatic heterocycles. The molecule has 1 aromatic carbocycles. The van der Waals surface area contributed by atoms with E-state index < -0.39 is 0 Å². The number of benzene rings is 1. The van der Waals surface area contributed by atoms with Gasteiger partial charge in [-0.2, -0.15) is 0 Å². The maximum absolute atomic E-state index is 12.3. The highest BCUT2D eigenvalue weighted by molar-refractivity contribution is 5.93. The minimum Gasteiger partial charge on any atom is -0.496 e. The molecule has 1 fully saturated rings. The zero-order chi connectivity index (χ0) is 16.8. The van der Waals surface area contributed by atoms with Gasteiger partial charge in [-0.25, -0.2) is 0 Å². The van der Waals surface area contributed by atoms with Gasteiger partial charge in [-0.15, -0.1) is 0 Å². The van der Waals surface area contributed by atoms with Crippen LogP contribution in [-0.2, 0) is 0 Å². The summed E-state index contributed by atoms with van der Waals surface area (Å²) < 4.78 is 5.53. The van der Waals surface area contributed by atoms with Gasteiger partial charge in [0.05, 0.1) is 18.7 Å². The molecule has 1 aliphatic rings. The Morgan fingerprint density at radius 3 is 2.75 bits per heavy atom. The number of nitrogens with zero attached hydrogens (tertiary/aromatic N) is 2. The Balaban J connectivity index is 1.77. The lowest BCUT2D eigenvalue weighted by molar-refractivity contribution is 0.0937. The van der Waals surface area contributed by atoms with Crippen LogP contribution in [0.5, 0.6) is 5.75 Å². The van der Waals surface area contributed by atoms with Gasteiger partial charge in [-0.05, 0) is 44.1 Å². The summed E-state index contributed by atoms with van der Waals surface area (Å²) in [5, 5.41) is 3.05. The van der Waals surface area contributed by atoms with Crippen molar-refractivity contribution in [1.82, 2.24) is 15.2 Å². The molecule has 24 heavy (non-hydrogen) atoms. The van der Waals surface area contributed by atoms with Gasteiger partial charge >= 0.3 is 0 Å². The molecule has 0 radical (unpaired) electrons. The van der Waals surface area contributed by atoms with Crippen LogP contribution in [0.25, 0.3) is 0 Å². The highest BCUT2D eigenvalue weighted by atomic mass is 16.5. The third kappa shape index (κ3) is 3.74. The SMILES string of the molecule is COc1ccccc1[C@H](CNC(=O)c1cccnc1)N1CCCC1. The number of hydrogen-bond donors (Lipinski definition) is 1. The fourth-order valence-corrected chi connectivity index (χ4v) is 3.22. The Bertz CT molecular complexity index is 669. The predicted octanol–water partition coefficient (Wildman–Crippen LogP) is 2.66. The van der Waals surface area contributed by atoms with Crippen molar-refractivity contribution in [3.63, 3.8) is 0 Å². The van der Waals surface area contributed by atoms with Crippen molar-refractivity contribution in [3.05, 3.63) is 59.9 Å². The second-order valence-electron chi connectivity index (χ2n) is 5.95. The summed E-state index contributed by atoms with van der Waals surface area (Å²) in [6.07, 6.45) is 5.65. The van der Waals surface area contributed by atoms with Crippen LogP contribution >= 0.6 is 0 Å². The molecule has 3 rings (SSSR count). The van der Waals surface area contributed by atoms with Crippen molar-refractivity contribution in [1.29, 1.82) is 0 Å².